The maximum atomic E-state index is 14.6. The molecule has 0 saturated heterocycles. The van der Waals surface area contributed by atoms with Crippen LogP contribution in [0, 0.1) is 5.82 Å². The van der Waals surface area contributed by atoms with E-state index in [0.29, 0.717) is 11.3 Å². The van der Waals surface area contributed by atoms with Gasteiger partial charge in [-0.25, -0.2) is 9.18 Å². The van der Waals surface area contributed by atoms with Crippen LogP contribution in [0.1, 0.15) is 16.7 Å². The molecule has 3 aromatic rings. The molecule has 1 aliphatic heterocycles. The molecule has 3 aromatic carbocycles. The van der Waals surface area contributed by atoms with E-state index in [1.165, 1.54) is 6.07 Å². The van der Waals surface area contributed by atoms with Crippen LogP contribution in [0.2, 0.25) is 0 Å². The summed E-state index contributed by atoms with van der Waals surface area (Å²) in [5, 5.41) is 0. The Hall–Kier alpha value is -3.51. The first kappa shape index (κ1) is 19.8. The number of nitrogens with zero attached hydrogens (tertiary/aromatic N) is 2. The summed E-state index contributed by atoms with van der Waals surface area (Å²) in [6.45, 7) is 0.592. The molecule has 1 heterocycles. The molecule has 0 fully saturated rings. The van der Waals surface area contributed by atoms with E-state index in [9.17, 15) is 9.18 Å². The van der Waals surface area contributed by atoms with Crippen molar-refractivity contribution < 1.29 is 13.9 Å². The van der Waals surface area contributed by atoms with Crippen molar-refractivity contribution in [2.45, 2.75) is 12.6 Å². The zero-order valence-electron chi connectivity index (χ0n) is 16.4. The Labute approximate surface area is 174 Å². The fraction of sp³-hybridized carbons (Fsp3) is 0.167. The number of rotatable bonds is 5. The minimum atomic E-state index is -0.834. The molecule has 4 rings (SSSR count). The van der Waals surface area contributed by atoms with Crippen molar-refractivity contribution in [1.82, 2.24) is 0 Å². The maximum absolute atomic E-state index is 14.6. The van der Waals surface area contributed by atoms with Crippen LogP contribution in [-0.4, -0.2) is 30.9 Å². The van der Waals surface area contributed by atoms with E-state index in [4.69, 9.17) is 10.5 Å². The molecule has 152 valence electrons. The molecule has 0 aromatic heterocycles. The fourth-order valence-electron chi connectivity index (χ4n) is 3.52. The van der Waals surface area contributed by atoms with Gasteiger partial charge in [0.25, 0.3) is 0 Å². The summed E-state index contributed by atoms with van der Waals surface area (Å²) in [5.74, 6) is -0.873. The number of fused-ring (bicyclic) bond motifs is 1. The van der Waals surface area contributed by atoms with Crippen LogP contribution in [-0.2, 0) is 16.1 Å². The number of anilines is 1. The Morgan fingerprint density at radius 2 is 1.67 bits per heavy atom. The first-order chi connectivity index (χ1) is 14.7. The predicted molar refractivity (Wildman–Crippen MR) is 115 cm³/mol. The van der Waals surface area contributed by atoms with Gasteiger partial charge < -0.3 is 15.4 Å². The number of para-hydroxylation sites is 1. The van der Waals surface area contributed by atoms with Gasteiger partial charge in [0.05, 0.1) is 18.9 Å². The summed E-state index contributed by atoms with van der Waals surface area (Å²) in [4.78, 5) is 19.4. The van der Waals surface area contributed by atoms with Gasteiger partial charge in [0.15, 0.2) is 6.04 Å². The molecule has 1 unspecified atom stereocenters. The van der Waals surface area contributed by atoms with Gasteiger partial charge in [0, 0.05) is 16.8 Å². The maximum Gasteiger partial charge on any atom is 0.333 e. The molecule has 6 heteroatoms. The van der Waals surface area contributed by atoms with Gasteiger partial charge >= 0.3 is 5.97 Å². The summed E-state index contributed by atoms with van der Waals surface area (Å²) in [6.07, 6.45) is 0. The highest BCUT2D eigenvalue weighted by molar-refractivity contribution is 6.17. The van der Waals surface area contributed by atoms with Gasteiger partial charge in [0.2, 0.25) is 0 Å². The van der Waals surface area contributed by atoms with Crippen LogP contribution >= 0.6 is 0 Å². The van der Waals surface area contributed by atoms with Gasteiger partial charge in [-0.3, -0.25) is 4.99 Å². The molecule has 1 aliphatic rings. The summed E-state index contributed by atoms with van der Waals surface area (Å²) in [6, 6.07) is 22.5. The number of hydrogen-bond donors (Lipinski definition) is 1. The number of carbonyl (C=O) groups excluding carboxylic acids is 1. The predicted octanol–water partition coefficient (Wildman–Crippen LogP) is 3.51. The highest BCUT2D eigenvalue weighted by atomic mass is 19.1. The SMILES string of the molecule is NCN1CC(C(=O)OCc2ccccc2)N=C(c2ccccc2F)c2ccccc21. The second-order valence-corrected chi connectivity index (χ2v) is 6.99. The van der Waals surface area contributed by atoms with Crippen molar-refractivity contribution in [2.24, 2.45) is 10.7 Å². The number of hydrogen-bond acceptors (Lipinski definition) is 5. The molecule has 0 aliphatic carbocycles. The third-order valence-electron chi connectivity index (χ3n) is 5.02. The molecule has 2 N–H and O–H groups in total. The number of carbonyl (C=O) groups is 1. The standard InChI is InChI=1S/C24H22FN3O2/c25-20-12-6-4-10-18(20)23-19-11-5-7-13-22(19)28(16-26)14-21(27-23)24(29)30-15-17-8-2-1-3-9-17/h1-13,21H,14-16,26H2. The van der Waals surface area contributed by atoms with Crippen LogP contribution in [0.15, 0.2) is 83.9 Å². The smallest absolute Gasteiger partial charge is 0.333 e. The van der Waals surface area contributed by atoms with E-state index >= 15 is 0 Å². The van der Waals surface area contributed by atoms with Crippen molar-refractivity contribution in [2.75, 3.05) is 18.1 Å². The van der Waals surface area contributed by atoms with E-state index < -0.39 is 17.8 Å². The Morgan fingerprint density at radius 3 is 2.40 bits per heavy atom. The second-order valence-electron chi connectivity index (χ2n) is 6.99. The Morgan fingerprint density at radius 1 is 1.00 bits per heavy atom. The lowest BCUT2D eigenvalue weighted by molar-refractivity contribution is -0.146. The molecule has 0 radical (unpaired) electrons. The highest BCUT2D eigenvalue weighted by Crippen LogP contribution is 2.28. The average molecular weight is 403 g/mol. The largest absolute Gasteiger partial charge is 0.459 e. The Balaban J connectivity index is 1.71. The minimum absolute atomic E-state index is 0.149. The summed E-state index contributed by atoms with van der Waals surface area (Å²) >= 11 is 0. The van der Waals surface area contributed by atoms with E-state index in [2.05, 4.69) is 4.99 Å². The lowest BCUT2D eigenvalue weighted by Gasteiger charge is -2.24. The molecular formula is C24H22FN3O2. The van der Waals surface area contributed by atoms with Gasteiger partial charge in [0.1, 0.15) is 12.4 Å². The van der Waals surface area contributed by atoms with Crippen molar-refractivity contribution in [3.63, 3.8) is 0 Å². The molecule has 0 amide bonds. The lowest BCUT2D eigenvalue weighted by atomic mass is 10.00. The lowest BCUT2D eigenvalue weighted by Crippen LogP contribution is -2.39. The number of aliphatic imine (C=N–C) groups is 1. The number of ether oxygens (including phenoxy) is 1. The molecule has 0 spiro atoms. The first-order valence-electron chi connectivity index (χ1n) is 9.75. The topological polar surface area (TPSA) is 67.9 Å². The molecule has 30 heavy (non-hydrogen) atoms. The van der Waals surface area contributed by atoms with E-state index in [0.717, 1.165) is 16.8 Å². The number of nitrogens with two attached hydrogens (primary N) is 1. The zero-order valence-corrected chi connectivity index (χ0v) is 16.4. The van der Waals surface area contributed by atoms with Crippen LogP contribution in [0.25, 0.3) is 0 Å². The van der Waals surface area contributed by atoms with Crippen molar-refractivity contribution >= 4 is 17.4 Å². The quantitative estimate of drug-likeness (QED) is 0.662. The minimum Gasteiger partial charge on any atom is -0.459 e. The molecule has 0 saturated carbocycles. The Bertz CT molecular complexity index is 1070. The van der Waals surface area contributed by atoms with Crippen molar-refractivity contribution in [3.8, 4) is 0 Å². The van der Waals surface area contributed by atoms with Gasteiger partial charge in [-0.05, 0) is 23.8 Å². The number of benzodiazepines with no additional fused rings is 1. The summed E-state index contributed by atoms with van der Waals surface area (Å²) in [5.41, 5.74) is 9.15. The second kappa shape index (κ2) is 8.88. The van der Waals surface area contributed by atoms with Crippen molar-refractivity contribution in [1.29, 1.82) is 0 Å². The van der Waals surface area contributed by atoms with Crippen LogP contribution < -0.4 is 10.6 Å². The van der Waals surface area contributed by atoms with Crippen molar-refractivity contribution in [3.05, 3.63) is 101 Å². The van der Waals surface area contributed by atoms with E-state index in [1.807, 2.05) is 59.5 Å². The first-order valence-corrected chi connectivity index (χ1v) is 9.75. The van der Waals surface area contributed by atoms with Gasteiger partial charge in [-0.2, -0.15) is 0 Å². The number of esters is 1. The molecule has 0 bridgehead atoms. The van der Waals surface area contributed by atoms with Crippen LogP contribution in [0.5, 0.6) is 0 Å². The third-order valence-corrected chi connectivity index (χ3v) is 5.02. The van der Waals surface area contributed by atoms with Gasteiger partial charge in [-0.1, -0.05) is 60.7 Å². The normalized spacial score (nSPS) is 15.7. The van der Waals surface area contributed by atoms with E-state index in [1.54, 1.807) is 18.2 Å². The number of benzene rings is 3. The molecule has 1 atom stereocenters. The number of halogens is 1. The monoisotopic (exact) mass is 403 g/mol. The third kappa shape index (κ3) is 4.09. The molecule has 5 nitrogen and oxygen atoms in total. The van der Waals surface area contributed by atoms with E-state index in [-0.39, 0.29) is 19.8 Å². The summed E-state index contributed by atoms with van der Waals surface area (Å²) < 4.78 is 20.2. The zero-order chi connectivity index (χ0) is 20.9. The van der Waals surface area contributed by atoms with Crippen LogP contribution in [0.4, 0.5) is 10.1 Å². The highest BCUT2D eigenvalue weighted by Gasteiger charge is 2.30. The van der Waals surface area contributed by atoms with Crippen LogP contribution in [0.3, 0.4) is 0 Å². The fourth-order valence-corrected chi connectivity index (χ4v) is 3.52. The van der Waals surface area contributed by atoms with Gasteiger partial charge in [-0.15, -0.1) is 0 Å². The summed E-state index contributed by atoms with van der Waals surface area (Å²) in [7, 11) is 0. The molecular weight excluding hydrogens is 381 g/mol. The Kier molecular flexibility index (Phi) is 5.86. The average Bonchev–Trinajstić information content (AvgIpc) is 2.96.